The van der Waals surface area contributed by atoms with Crippen LogP contribution in [0.15, 0.2) is 52.8 Å². The predicted octanol–water partition coefficient (Wildman–Crippen LogP) is 2.84. The summed E-state index contributed by atoms with van der Waals surface area (Å²) in [6.07, 6.45) is 0. The van der Waals surface area contributed by atoms with E-state index in [-0.39, 0.29) is 5.91 Å². The standard InChI is InChI=1S/C19H26N4OS/c1-3-20-19(23-14-15(2)17-10-7-13-25-17)22-12-11-21-18(24)16-8-5-4-6-9-16/h4-10,13,15H,3,11-12,14H2,1-2H3,(H,21,24)(H2,20,22,23). The molecule has 1 amide bonds. The summed E-state index contributed by atoms with van der Waals surface area (Å²) >= 11 is 1.76. The number of nitrogens with one attached hydrogen (secondary N) is 3. The smallest absolute Gasteiger partial charge is 0.251 e. The maximum absolute atomic E-state index is 12.0. The van der Waals surface area contributed by atoms with Crippen LogP contribution in [0.4, 0.5) is 0 Å². The molecule has 0 aliphatic rings. The van der Waals surface area contributed by atoms with Crippen molar-refractivity contribution in [3.8, 4) is 0 Å². The van der Waals surface area contributed by atoms with E-state index < -0.39 is 0 Å². The molecule has 2 rings (SSSR count). The quantitative estimate of drug-likeness (QED) is 0.386. The van der Waals surface area contributed by atoms with Crippen LogP contribution in [0.1, 0.15) is 35.0 Å². The summed E-state index contributed by atoms with van der Waals surface area (Å²) < 4.78 is 0. The molecule has 1 aromatic carbocycles. The third kappa shape index (κ3) is 6.58. The zero-order valence-corrected chi connectivity index (χ0v) is 15.6. The van der Waals surface area contributed by atoms with Crippen molar-refractivity contribution in [2.45, 2.75) is 19.8 Å². The third-order valence-electron chi connectivity index (χ3n) is 3.64. The second-order valence-corrected chi connectivity index (χ2v) is 6.66. The van der Waals surface area contributed by atoms with Crippen molar-refractivity contribution in [1.82, 2.24) is 16.0 Å². The average molecular weight is 359 g/mol. The number of hydrogen-bond acceptors (Lipinski definition) is 3. The van der Waals surface area contributed by atoms with E-state index >= 15 is 0 Å². The molecule has 0 aliphatic heterocycles. The predicted molar refractivity (Wildman–Crippen MR) is 105 cm³/mol. The zero-order chi connectivity index (χ0) is 17.9. The number of guanidine groups is 1. The van der Waals surface area contributed by atoms with Gasteiger partial charge in [0.2, 0.25) is 0 Å². The van der Waals surface area contributed by atoms with Crippen molar-refractivity contribution in [3.63, 3.8) is 0 Å². The Morgan fingerprint density at radius 1 is 1.08 bits per heavy atom. The first-order chi connectivity index (χ1) is 12.2. The summed E-state index contributed by atoms with van der Waals surface area (Å²) in [5.74, 6) is 1.11. The molecule has 0 aliphatic carbocycles. The van der Waals surface area contributed by atoms with Gasteiger partial charge >= 0.3 is 0 Å². The number of carbonyl (C=O) groups excluding carboxylic acids is 1. The highest BCUT2D eigenvalue weighted by Gasteiger charge is 2.07. The number of carbonyl (C=O) groups is 1. The fourth-order valence-corrected chi connectivity index (χ4v) is 3.06. The van der Waals surface area contributed by atoms with Gasteiger partial charge in [-0.05, 0) is 30.5 Å². The van der Waals surface area contributed by atoms with E-state index in [0.717, 1.165) is 19.0 Å². The maximum Gasteiger partial charge on any atom is 0.251 e. The van der Waals surface area contributed by atoms with Crippen molar-refractivity contribution >= 4 is 23.2 Å². The lowest BCUT2D eigenvalue weighted by Crippen LogP contribution is -2.41. The first-order valence-corrected chi connectivity index (χ1v) is 9.47. The van der Waals surface area contributed by atoms with Crippen molar-refractivity contribution in [2.75, 3.05) is 26.2 Å². The summed E-state index contributed by atoms with van der Waals surface area (Å²) in [6, 6.07) is 13.4. The van der Waals surface area contributed by atoms with Gasteiger partial charge in [-0.1, -0.05) is 31.2 Å². The first-order valence-electron chi connectivity index (χ1n) is 8.59. The van der Waals surface area contributed by atoms with Gasteiger partial charge in [-0.3, -0.25) is 9.79 Å². The minimum atomic E-state index is -0.0596. The van der Waals surface area contributed by atoms with E-state index in [1.54, 1.807) is 23.5 Å². The van der Waals surface area contributed by atoms with Crippen LogP contribution in [0.25, 0.3) is 0 Å². The number of nitrogens with zero attached hydrogens (tertiary/aromatic N) is 1. The SMILES string of the molecule is CCNC(=NCC(C)c1cccs1)NCCNC(=O)c1ccccc1. The molecule has 1 atom stereocenters. The second-order valence-electron chi connectivity index (χ2n) is 5.68. The Balaban J connectivity index is 1.75. The fraction of sp³-hybridized carbons (Fsp3) is 0.368. The molecule has 134 valence electrons. The molecule has 0 saturated heterocycles. The van der Waals surface area contributed by atoms with E-state index in [2.05, 4.69) is 45.4 Å². The topological polar surface area (TPSA) is 65.5 Å². The summed E-state index contributed by atoms with van der Waals surface area (Å²) in [4.78, 5) is 18.0. The fourth-order valence-electron chi connectivity index (χ4n) is 2.28. The van der Waals surface area contributed by atoms with Crippen molar-refractivity contribution in [3.05, 3.63) is 58.3 Å². The molecule has 2 aromatic rings. The molecule has 0 spiro atoms. The normalized spacial score (nSPS) is 12.5. The van der Waals surface area contributed by atoms with Gasteiger partial charge < -0.3 is 16.0 Å². The van der Waals surface area contributed by atoms with E-state index in [4.69, 9.17) is 0 Å². The molecule has 1 unspecified atom stereocenters. The molecule has 1 aromatic heterocycles. The highest BCUT2D eigenvalue weighted by Crippen LogP contribution is 2.20. The van der Waals surface area contributed by atoms with Crippen LogP contribution in [0, 0.1) is 0 Å². The molecule has 0 fully saturated rings. The Hall–Kier alpha value is -2.34. The Morgan fingerprint density at radius 3 is 2.52 bits per heavy atom. The average Bonchev–Trinajstić information content (AvgIpc) is 3.18. The summed E-state index contributed by atoms with van der Waals surface area (Å²) in [7, 11) is 0. The lowest BCUT2D eigenvalue weighted by molar-refractivity contribution is 0.0954. The van der Waals surface area contributed by atoms with Gasteiger partial charge in [0.25, 0.3) is 5.91 Å². The van der Waals surface area contributed by atoms with E-state index in [9.17, 15) is 4.79 Å². The Morgan fingerprint density at radius 2 is 1.84 bits per heavy atom. The third-order valence-corrected chi connectivity index (χ3v) is 4.74. The summed E-state index contributed by atoms with van der Waals surface area (Å²) in [6.45, 7) is 6.91. The Labute approximate surface area is 153 Å². The van der Waals surface area contributed by atoms with Crippen LogP contribution < -0.4 is 16.0 Å². The van der Waals surface area contributed by atoms with Crippen LogP contribution in [-0.4, -0.2) is 38.0 Å². The highest BCUT2D eigenvalue weighted by atomic mass is 32.1. The summed E-state index contributed by atoms with van der Waals surface area (Å²) in [5, 5.41) is 11.5. The zero-order valence-electron chi connectivity index (χ0n) is 14.8. The van der Waals surface area contributed by atoms with E-state index in [1.807, 2.05) is 25.1 Å². The number of benzene rings is 1. The van der Waals surface area contributed by atoms with Gasteiger partial charge in [0.1, 0.15) is 0 Å². The van der Waals surface area contributed by atoms with E-state index in [0.29, 0.717) is 24.6 Å². The minimum Gasteiger partial charge on any atom is -0.357 e. The largest absolute Gasteiger partial charge is 0.357 e. The summed E-state index contributed by atoms with van der Waals surface area (Å²) in [5.41, 5.74) is 0.674. The van der Waals surface area contributed by atoms with Gasteiger partial charge in [-0.25, -0.2) is 0 Å². The number of rotatable bonds is 8. The number of thiophene rings is 1. The molecule has 5 nitrogen and oxygen atoms in total. The lowest BCUT2D eigenvalue weighted by Gasteiger charge is -2.13. The van der Waals surface area contributed by atoms with Crippen LogP contribution in [-0.2, 0) is 0 Å². The maximum atomic E-state index is 12.0. The first kappa shape index (κ1) is 19.0. The van der Waals surface area contributed by atoms with Gasteiger partial charge in [-0.2, -0.15) is 0 Å². The van der Waals surface area contributed by atoms with Crippen molar-refractivity contribution < 1.29 is 4.79 Å². The molecule has 6 heteroatoms. The minimum absolute atomic E-state index is 0.0596. The Kier molecular flexibility index (Phi) is 7.98. The molecular weight excluding hydrogens is 332 g/mol. The molecule has 1 heterocycles. The lowest BCUT2D eigenvalue weighted by atomic mass is 10.1. The van der Waals surface area contributed by atoms with Crippen LogP contribution in [0.3, 0.4) is 0 Å². The molecular formula is C19H26N4OS. The molecule has 0 bridgehead atoms. The molecule has 0 radical (unpaired) electrons. The second kappa shape index (κ2) is 10.5. The van der Waals surface area contributed by atoms with Gasteiger partial charge in [0.15, 0.2) is 5.96 Å². The van der Waals surface area contributed by atoms with Crippen LogP contribution in [0.2, 0.25) is 0 Å². The van der Waals surface area contributed by atoms with Gasteiger partial charge in [0.05, 0.1) is 6.54 Å². The van der Waals surface area contributed by atoms with E-state index in [1.165, 1.54) is 4.88 Å². The van der Waals surface area contributed by atoms with Gasteiger partial charge in [0, 0.05) is 36.0 Å². The molecule has 0 saturated carbocycles. The Bertz CT molecular complexity index is 655. The number of aliphatic imine (C=N–C) groups is 1. The highest BCUT2D eigenvalue weighted by molar-refractivity contribution is 7.10. The molecule has 25 heavy (non-hydrogen) atoms. The van der Waals surface area contributed by atoms with Gasteiger partial charge in [-0.15, -0.1) is 11.3 Å². The van der Waals surface area contributed by atoms with Crippen LogP contribution in [0.5, 0.6) is 0 Å². The monoisotopic (exact) mass is 358 g/mol. The number of hydrogen-bond donors (Lipinski definition) is 3. The van der Waals surface area contributed by atoms with Crippen molar-refractivity contribution in [2.24, 2.45) is 4.99 Å². The van der Waals surface area contributed by atoms with Crippen molar-refractivity contribution in [1.29, 1.82) is 0 Å². The van der Waals surface area contributed by atoms with Crippen LogP contribution >= 0.6 is 11.3 Å². The number of amides is 1. The molecule has 3 N–H and O–H groups in total.